The second-order valence-corrected chi connectivity index (χ2v) is 5.59. The van der Waals surface area contributed by atoms with Crippen LogP contribution in [0.2, 0.25) is 0 Å². The first-order chi connectivity index (χ1) is 10.0. The Morgan fingerprint density at radius 2 is 2.14 bits per heavy atom. The van der Waals surface area contributed by atoms with Gasteiger partial charge in [0.1, 0.15) is 6.04 Å². The Morgan fingerprint density at radius 1 is 1.38 bits per heavy atom. The zero-order chi connectivity index (χ0) is 15.4. The van der Waals surface area contributed by atoms with Crippen LogP contribution in [0.1, 0.15) is 41.8 Å². The van der Waals surface area contributed by atoms with Crippen molar-refractivity contribution in [3.8, 4) is 0 Å². The summed E-state index contributed by atoms with van der Waals surface area (Å²) in [7, 11) is 0. The lowest BCUT2D eigenvalue weighted by Gasteiger charge is -2.21. The maximum atomic E-state index is 12.3. The van der Waals surface area contributed by atoms with Gasteiger partial charge in [-0.25, -0.2) is 4.79 Å². The zero-order valence-corrected chi connectivity index (χ0v) is 12.5. The average Bonchev–Trinajstić information content (AvgIpc) is 2.50. The van der Waals surface area contributed by atoms with Gasteiger partial charge >= 0.3 is 5.97 Å². The molecule has 114 valence electrons. The summed E-state index contributed by atoms with van der Waals surface area (Å²) in [5, 5.41) is 15.1. The molecule has 0 saturated carbocycles. The molecule has 1 aliphatic rings. The van der Waals surface area contributed by atoms with Crippen LogP contribution in [0, 0.1) is 5.92 Å². The molecule has 2 rings (SSSR count). The molecule has 5 heteroatoms. The van der Waals surface area contributed by atoms with Gasteiger partial charge in [-0.05, 0) is 42.1 Å². The van der Waals surface area contributed by atoms with Gasteiger partial charge in [-0.1, -0.05) is 26.3 Å². The number of carbonyl (C=O) groups excluding carboxylic acids is 1. The summed E-state index contributed by atoms with van der Waals surface area (Å²) in [5.74, 6) is -1.42. The van der Waals surface area contributed by atoms with Crippen molar-refractivity contribution in [3.63, 3.8) is 0 Å². The Labute approximate surface area is 124 Å². The molecule has 0 radical (unpaired) electrons. The van der Waals surface area contributed by atoms with Crippen LogP contribution in [0.5, 0.6) is 0 Å². The van der Waals surface area contributed by atoms with Crippen LogP contribution >= 0.6 is 0 Å². The highest BCUT2D eigenvalue weighted by Gasteiger charge is 2.26. The number of rotatable bonds is 5. The molecule has 1 aliphatic heterocycles. The highest BCUT2D eigenvalue weighted by atomic mass is 16.4. The van der Waals surface area contributed by atoms with Crippen molar-refractivity contribution >= 4 is 11.9 Å². The smallest absolute Gasteiger partial charge is 0.326 e. The standard InChI is InChI=1S/C16H22N2O3/c1-3-10(2)14(16(20)21)18-15(19)12-5-4-11-6-7-17-9-13(11)8-12/h4-5,8,10,14,17H,3,6-7,9H2,1-2H3,(H,18,19)(H,20,21)/t10?,14-/m0/s1. The van der Waals surface area contributed by atoms with Crippen LogP contribution < -0.4 is 10.6 Å². The fourth-order valence-corrected chi connectivity index (χ4v) is 2.53. The van der Waals surface area contributed by atoms with E-state index in [9.17, 15) is 14.7 Å². The number of benzene rings is 1. The van der Waals surface area contributed by atoms with E-state index in [4.69, 9.17) is 0 Å². The lowest BCUT2D eigenvalue weighted by Crippen LogP contribution is -2.45. The van der Waals surface area contributed by atoms with Crippen LogP contribution in [0.4, 0.5) is 0 Å². The number of fused-ring (bicyclic) bond motifs is 1. The minimum Gasteiger partial charge on any atom is -0.480 e. The van der Waals surface area contributed by atoms with E-state index in [0.29, 0.717) is 12.0 Å². The number of carboxylic acid groups (broad SMARTS) is 1. The second kappa shape index (κ2) is 6.72. The molecule has 21 heavy (non-hydrogen) atoms. The minimum atomic E-state index is -0.989. The predicted molar refractivity (Wildman–Crippen MR) is 80.2 cm³/mol. The summed E-state index contributed by atoms with van der Waals surface area (Å²) < 4.78 is 0. The van der Waals surface area contributed by atoms with E-state index in [0.717, 1.165) is 25.1 Å². The molecule has 2 atom stereocenters. The van der Waals surface area contributed by atoms with Crippen molar-refractivity contribution < 1.29 is 14.7 Å². The van der Waals surface area contributed by atoms with E-state index in [1.165, 1.54) is 5.56 Å². The Balaban J connectivity index is 2.14. The average molecular weight is 290 g/mol. The van der Waals surface area contributed by atoms with Crippen molar-refractivity contribution in [1.29, 1.82) is 0 Å². The molecule has 0 spiro atoms. The molecule has 0 saturated heterocycles. The zero-order valence-electron chi connectivity index (χ0n) is 12.5. The lowest BCUT2D eigenvalue weighted by atomic mass is 9.96. The summed E-state index contributed by atoms with van der Waals surface area (Å²) in [6.45, 7) is 5.45. The normalized spacial score (nSPS) is 16.7. The number of hydrogen-bond acceptors (Lipinski definition) is 3. The molecule has 1 amide bonds. The van der Waals surface area contributed by atoms with E-state index in [-0.39, 0.29) is 11.8 Å². The van der Waals surface area contributed by atoms with E-state index in [2.05, 4.69) is 10.6 Å². The minimum absolute atomic E-state index is 0.106. The van der Waals surface area contributed by atoms with Crippen molar-refractivity contribution in [1.82, 2.24) is 10.6 Å². The monoisotopic (exact) mass is 290 g/mol. The Morgan fingerprint density at radius 3 is 2.81 bits per heavy atom. The number of hydrogen-bond donors (Lipinski definition) is 3. The predicted octanol–water partition coefficient (Wildman–Crippen LogP) is 1.56. The highest BCUT2D eigenvalue weighted by molar-refractivity contribution is 5.96. The Bertz CT molecular complexity index is 542. The number of amides is 1. The Kier molecular flexibility index (Phi) is 4.96. The van der Waals surface area contributed by atoms with Crippen molar-refractivity contribution in [2.75, 3.05) is 6.54 Å². The Hall–Kier alpha value is -1.88. The SMILES string of the molecule is CCC(C)[C@H](NC(=O)c1ccc2c(c1)CNCC2)C(=O)O. The fourth-order valence-electron chi connectivity index (χ4n) is 2.53. The third-order valence-corrected chi connectivity index (χ3v) is 4.12. The largest absolute Gasteiger partial charge is 0.480 e. The van der Waals surface area contributed by atoms with E-state index in [1.807, 2.05) is 26.0 Å². The molecule has 1 unspecified atom stereocenters. The molecule has 5 nitrogen and oxygen atoms in total. The van der Waals surface area contributed by atoms with Crippen LogP contribution in [-0.2, 0) is 17.8 Å². The molecule has 0 bridgehead atoms. The van der Waals surface area contributed by atoms with E-state index >= 15 is 0 Å². The number of nitrogens with one attached hydrogen (secondary N) is 2. The van der Waals surface area contributed by atoms with Gasteiger partial charge in [-0.15, -0.1) is 0 Å². The number of carbonyl (C=O) groups is 2. The van der Waals surface area contributed by atoms with Gasteiger partial charge in [0.05, 0.1) is 0 Å². The molecular weight excluding hydrogens is 268 g/mol. The molecule has 3 N–H and O–H groups in total. The maximum Gasteiger partial charge on any atom is 0.326 e. The van der Waals surface area contributed by atoms with Crippen LogP contribution in [0.25, 0.3) is 0 Å². The van der Waals surface area contributed by atoms with Crippen LogP contribution in [0.15, 0.2) is 18.2 Å². The van der Waals surface area contributed by atoms with Crippen LogP contribution in [0.3, 0.4) is 0 Å². The van der Waals surface area contributed by atoms with Gasteiger partial charge in [0.25, 0.3) is 5.91 Å². The third kappa shape index (κ3) is 3.61. The van der Waals surface area contributed by atoms with Gasteiger partial charge in [0, 0.05) is 12.1 Å². The fraction of sp³-hybridized carbons (Fsp3) is 0.500. The quantitative estimate of drug-likeness (QED) is 0.769. The summed E-state index contributed by atoms with van der Waals surface area (Å²) >= 11 is 0. The first kappa shape index (κ1) is 15.5. The summed E-state index contributed by atoms with van der Waals surface area (Å²) in [5.41, 5.74) is 2.89. The first-order valence-corrected chi connectivity index (χ1v) is 7.39. The molecule has 0 fully saturated rings. The van der Waals surface area contributed by atoms with Gasteiger partial charge in [-0.2, -0.15) is 0 Å². The van der Waals surface area contributed by atoms with Crippen molar-refractivity contribution in [2.24, 2.45) is 5.92 Å². The molecular formula is C16H22N2O3. The van der Waals surface area contributed by atoms with E-state index in [1.54, 1.807) is 6.07 Å². The molecule has 1 aromatic carbocycles. The summed E-state index contributed by atoms with van der Waals surface area (Å²) in [6.07, 6.45) is 1.66. The highest BCUT2D eigenvalue weighted by Crippen LogP contribution is 2.16. The van der Waals surface area contributed by atoms with Crippen molar-refractivity contribution in [3.05, 3.63) is 34.9 Å². The summed E-state index contributed by atoms with van der Waals surface area (Å²) in [4.78, 5) is 23.5. The van der Waals surface area contributed by atoms with Gasteiger partial charge < -0.3 is 15.7 Å². The lowest BCUT2D eigenvalue weighted by molar-refractivity contribution is -0.140. The molecule has 1 heterocycles. The first-order valence-electron chi connectivity index (χ1n) is 7.39. The molecule has 0 aliphatic carbocycles. The van der Waals surface area contributed by atoms with E-state index < -0.39 is 12.0 Å². The number of aliphatic carboxylic acids is 1. The summed E-state index contributed by atoms with van der Waals surface area (Å²) in [6, 6.07) is 4.74. The third-order valence-electron chi connectivity index (χ3n) is 4.12. The molecule has 1 aromatic rings. The molecule has 0 aromatic heterocycles. The topological polar surface area (TPSA) is 78.4 Å². The van der Waals surface area contributed by atoms with Crippen LogP contribution in [-0.4, -0.2) is 29.6 Å². The van der Waals surface area contributed by atoms with Gasteiger partial charge in [0.15, 0.2) is 0 Å². The second-order valence-electron chi connectivity index (χ2n) is 5.59. The van der Waals surface area contributed by atoms with Gasteiger partial charge in [0.2, 0.25) is 0 Å². The number of carboxylic acids is 1. The van der Waals surface area contributed by atoms with Crippen molar-refractivity contribution in [2.45, 2.75) is 39.3 Å². The maximum absolute atomic E-state index is 12.3. The van der Waals surface area contributed by atoms with Gasteiger partial charge in [-0.3, -0.25) is 4.79 Å².